The van der Waals surface area contributed by atoms with Gasteiger partial charge in [-0.25, -0.2) is 4.98 Å². The van der Waals surface area contributed by atoms with Gasteiger partial charge in [0.1, 0.15) is 5.82 Å². The first kappa shape index (κ1) is 9.68. The van der Waals surface area contributed by atoms with Gasteiger partial charge in [-0.3, -0.25) is 0 Å². The molecule has 1 aliphatic heterocycles. The first-order chi connectivity index (χ1) is 6.77. The lowest BCUT2D eigenvalue weighted by Gasteiger charge is -2.16. The number of imidazole rings is 1. The van der Waals surface area contributed by atoms with E-state index >= 15 is 0 Å². The summed E-state index contributed by atoms with van der Waals surface area (Å²) < 4.78 is 7.34. The van der Waals surface area contributed by atoms with Crippen LogP contribution in [0.15, 0.2) is 12.4 Å². The van der Waals surface area contributed by atoms with Crippen molar-refractivity contribution in [3.8, 4) is 0 Å². The van der Waals surface area contributed by atoms with Crippen LogP contribution in [-0.4, -0.2) is 28.8 Å². The number of aryl methyl sites for hydroxylation is 1. The first-order valence-corrected chi connectivity index (χ1v) is 5.07. The summed E-state index contributed by atoms with van der Waals surface area (Å²) in [6.07, 6.45) is 5.70. The van der Waals surface area contributed by atoms with E-state index in [2.05, 4.69) is 4.98 Å². The Morgan fingerprint density at radius 3 is 3.21 bits per heavy atom. The Kier molecular flexibility index (Phi) is 2.84. The van der Waals surface area contributed by atoms with E-state index in [4.69, 9.17) is 10.5 Å². The van der Waals surface area contributed by atoms with Gasteiger partial charge in [0.25, 0.3) is 0 Å². The molecule has 2 N–H and O–H groups in total. The predicted octanol–water partition coefficient (Wildman–Crippen LogP) is 0.326. The first-order valence-electron chi connectivity index (χ1n) is 5.07. The lowest BCUT2D eigenvalue weighted by atomic mass is 9.97. The van der Waals surface area contributed by atoms with Crippen molar-refractivity contribution < 1.29 is 4.74 Å². The summed E-state index contributed by atoms with van der Waals surface area (Å²) in [5.41, 5.74) is 6.11. The molecule has 0 aromatic carbocycles. The number of hydrogen-bond acceptors (Lipinski definition) is 3. The van der Waals surface area contributed by atoms with Crippen LogP contribution in [0.1, 0.15) is 12.2 Å². The number of hydrogen-bond donors (Lipinski definition) is 1. The van der Waals surface area contributed by atoms with E-state index < -0.39 is 0 Å². The summed E-state index contributed by atoms with van der Waals surface area (Å²) in [6, 6.07) is 0.179. The van der Waals surface area contributed by atoms with Crippen LogP contribution >= 0.6 is 0 Å². The Morgan fingerprint density at radius 2 is 2.64 bits per heavy atom. The van der Waals surface area contributed by atoms with Crippen LogP contribution in [0.4, 0.5) is 0 Å². The van der Waals surface area contributed by atoms with Crippen molar-refractivity contribution >= 4 is 0 Å². The second-order valence-electron chi connectivity index (χ2n) is 3.95. The number of ether oxygens (including phenoxy) is 1. The zero-order chi connectivity index (χ0) is 9.97. The number of nitrogens with zero attached hydrogens (tertiary/aromatic N) is 2. The molecule has 1 aromatic rings. The smallest absolute Gasteiger partial charge is 0.109 e. The fourth-order valence-corrected chi connectivity index (χ4v) is 1.86. The van der Waals surface area contributed by atoms with Crippen molar-refractivity contribution in [1.82, 2.24) is 9.55 Å². The third-order valence-corrected chi connectivity index (χ3v) is 2.91. The van der Waals surface area contributed by atoms with Crippen LogP contribution in [-0.2, 0) is 18.2 Å². The fourth-order valence-electron chi connectivity index (χ4n) is 1.86. The van der Waals surface area contributed by atoms with Gasteiger partial charge < -0.3 is 15.0 Å². The molecule has 0 bridgehead atoms. The standard InChI is InChI=1S/C10H17N3O/c1-13-4-3-12-10(13)6-9(11)8-2-5-14-7-8/h3-4,8-9H,2,5-7,11H2,1H3. The largest absolute Gasteiger partial charge is 0.381 e. The monoisotopic (exact) mass is 195 g/mol. The number of aromatic nitrogens is 2. The molecule has 1 saturated heterocycles. The topological polar surface area (TPSA) is 53.1 Å². The summed E-state index contributed by atoms with van der Waals surface area (Å²) in [6.45, 7) is 1.67. The molecule has 1 fully saturated rings. The third kappa shape index (κ3) is 1.96. The van der Waals surface area contributed by atoms with E-state index in [1.54, 1.807) is 0 Å². The lowest BCUT2D eigenvalue weighted by molar-refractivity contribution is 0.180. The quantitative estimate of drug-likeness (QED) is 0.756. The van der Waals surface area contributed by atoms with Crippen LogP contribution in [0.5, 0.6) is 0 Å². The average Bonchev–Trinajstić information content (AvgIpc) is 2.77. The second kappa shape index (κ2) is 4.11. The summed E-state index contributed by atoms with van der Waals surface area (Å²) in [7, 11) is 2.00. The molecule has 2 rings (SSSR count). The van der Waals surface area contributed by atoms with Gasteiger partial charge in [0.15, 0.2) is 0 Å². The van der Waals surface area contributed by atoms with Crippen molar-refractivity contribution in [2.75, 3.05) is 13.2 Å². The molecule has 0 radical (unpaired) electrons. The highest BCUT2D eigenvalue weighted by molar-refractivity contribution is 4.95. The van der Waals surface area contributed by atoms with Crippen molar-refractivity contribution in [2.24, 2.45) is 18.7 Å². The molecule has 0 aliphatic carbocycles. The van der Waals surface area contributed by atoms with E-state index in [0.29, 0.717) is 5.92 Å². The predicted molar refractivity (Wildman–Crippen MR) is 53.8 cm³/mol. The minimum atomic E-state index is 0.179. The molecule has 1 aliphatic rings. The molecule has 2 unspecified atom stereocenters. The maximum atomic E-state index is 6.11. The molecule has 78 valence electrons. The molecule has 1 aromatic heterocycles. The fraction of sp³-hybridized carbons (Fsp3) is 0.700. The highest BCUT2D eigenvalue weighted by Gasteiger charge is 2.23. The second-order valence-corrected chi connectivity index (χ2v) is 3.95. The average molecular weight is 195 g/mol. The maximum absolute atomic E-state index is 6.11. The Bertz CT molecular complexity index is 291. The van der Waals surface area contributed by atoms with Crippen molar-refractivity contribution in [3.63, 3.8) is 0 Å². The summed E-state index contributed by atoms with van der Waals surface area (Å²) in [5.74, 6) is 1.57. The van der Waals surface area contributed by atoms with E-state index in [1.165, 1.54) is 0 Å². The van der Waals surface area contributed by atoms with Crippen LogP contribution in [0.3, 0.4) is 0 Å². The minimum Gasteiger partial charge on any atom is -0.381 e. The van der Waals surface area contributed by atoms with Gasteiger partial charge in [0, 0.05) is 38.5 Å². The van der Waals surface area contributed by atoms with E-state index in [9.17, 15) is 0 Å². The molecule has 4 nitrogen and oxygen atoms in total. The van der Waals surface area contributed by atoms with E-state index in [0.717, 1.165) is 31.9 Å². The Balaban J connectivity index is 1.93. The molecule has 0 saturated carbocycles. The molecule has 0 amide bonds. The summed E-state index contributed by atoms with van der Waals surface area (Å²) in [4.78, 5) is 4.27. The number of rotatable bonds is 3. The summed E-state index contributed by atoms with van der Waals surface area (Å²) >= 11 is 0. The molecular weight excluding hydrogens is 178 g/mol. The SMILES string of the molecule is Cn1ccnc1CC(N)C1CCOC1. The number of nitrogens with two attached hydrogens (primary N) is 1. The zero-order valence-electron chi connectivity index (χ0n) is 8.52. The Hall–Kier alpha value is -0.870. The van der Waals surface area contributed by atoms with E-state index in [-0.39, 0.29) is 6.04 Å². The third-order valence-electron chi connectivity index (χ3n) is 2.91. The highest BCUT2D eigenvalue weighted by Crippen LogP contribution is 2.17. The molecule has 4 heteroatoms. The molecular formula is C10H17N3O. The summed E-state index contributed by atoms with van der Waals surface area (Å²) in [5, 5.41) is 0. The normalized spacial score (nSPS) is 24.0. The van der Waals surface area contributed by atoms with Crippen molar-refractivity contribution in [3.05, 3.63) is 18.2 Å². The van der Waals surface area contributed by atoms with Gasteiger partial charge in [0.2, 0.25) is 0 Å². The van der Waals surface area contributed by atoms with Gasteiger partial charge >= 0.3 is 0 Å². The van der Waals surface area contributed by atoms with Gasteiger partial charge in [-0.1, -0.05) is 0 Å². The Labute approximate surface area is 84.1 Å². The van der Waals surface area contributed by atoms with Crippen LogP contribution in [0.2, 0.25) is 0 Å². The van der Waals surface area contributed by atoms with Crippen molar-refractivity contribution in [2.45, 2.75) is 18.9 Å². The highest BCUT2D eigenvalue weighted by atomic mass is 16.5. The molecule has 2 heterocycles. The molecule has 2 atom stereocenters. The van der Waals surface area contributed by atoms with Crippen molar-refractivity contribution in [1.29, 1.82) is 0 Å². The van der Waals surface area contributed by atoms with Gasteiger partial charge in [0.05, 0.1) is 6.61 Å². The lowest BCUT2D eigenvalue weighted by Crippen LogP contribution is -2.33. The Morgan fingerprint density at radius 1 is 1.79 bits per heavy atom. The molecule has 14 heavy (non-hydrogen) atoms. The van der Waals surface area contributed by atoms with Gasteiger partial charge in [-0.2, -0.15) is 0 Å². The minimum absolute atomic E-state index is 0.179. The van der Waals surface area contributed by atoms with Crippen LogP contribution < -0.4 is 5.73 Å². The van der Waals surface area contributed by atoms with Crippen LogP contribution in [0, 0.1) is 5.92 Å². The maximum Gasteiger partial charge on any atom is 0.109 e. The molecule has 0 spiro atoms. The van der Waals surface area contributed by atoms with Crippen LogP contribution in [0.25, 0.3) is 0 Å². The van der Waals surface area contributed by atoms with Gasteiger partial charge in [-0.15, -0.1) is 0 Å². The van der Waals surface area contributed by atoms with E-state index in [1.807, 2.05) is 24.0 Å². The van der Waals surface area contributed by atoms with Gasteiger partial charge in [-0.05, 0) is 12.3 Å². The zero-order valence-corrected chi connectivity index (χ0v) is 8.52.